The van der Waals surface area contributed by atoms with E-state index in [1.807, 2.05) is 30.3 Å². The normalized spacial score (nSPS) is 24.8. The topological polar surface area (TPSA) is 125 Å². The second kappa shape index (κ2) is 15.3. The van der Waals surface area contributed by atoms with E-state index in [0.29, 0.717) is 48.4 Å². The average Bonchev–Trinajstić information content (AvgIpc) is 3.72. The number of hydrogen-bond donors (Lipinski definition) is 2. The van der Waals surface area contributed by atoms with E-state index in [-0.39, 0.29) is 50.4 Å². The van der Waals surface area contributed by atoms with Crippen LogP contribution < -0.4 is 10.2 Å². The fraction of sp³-hybridized carbons (Fsp3) is 0.444. The van der Waals surface area contributed by atoms with Crippen LogP contribution in [0.15, 0.2) is 79.9 Å². The number of unbranched alkanes of at least 4 members (excludes halogenated alkanes) is 1. The van der Waals surface area contributed by atoms with Crippen molar-refractivity contribution in [2.24, 2.45) is 11.8 Å². The van der Waals surface area contributed by atoms with E-state index >= 15 is 0 Å². The number of carbonyl (C=O) groups excluding carboxylic acids is 4. The molecule has 3 amide bonds. The van der Waals surface area contributed by atoms with E-state index in [2.05, 4.69) is 18.5 Å². The van der Waals surface area contributed by atoms with Crippen molar-refractivity contribution < 1.29 is 33.8 Å². The van der Waals surface area contributed by atoms with E-state index in [4.69, 9.17) is 21.1 Å². The van der Waals surface area contributed by atoms with Gasteiger partial charge in [0.1, 0.15) is 17.7 Å². The molecule has 3 fully saturated rings. The molecule has 6 atom stereocenters. The van der Waals surface area contributed by atoms with Gasteiger partial charge < -0.3 is 29.7 Å². The molecule has 0 saturated carbocycles. The number of allylic oxidation sites excluding steroid dienone is 1. The van der Waals surface area contributed by atoms with Crippen molar-refractivity contribution in [2.75, 3.05) is 31.1 Å². The lowest BCUT2D eigenvalue weighted by molar-refractivity contribution is -0.160. The van der Waals surface area contributed by atoms with Gasteiger partial charge in [0.15, 0.2) is 0 Å². The quantitative estimate of drug-likeness (QED) is 0.155. The number of benzene rings is 2. The molecule has 3 aliphatic rings. The van der Waals surface area contributed by atoms with Crippen LogP contribution >= 0.6 is 11.6 Å². The molecule has 0 aromatic heterocycles. The minimum absolute atomic E-state index is 0.0545. The fourth-order valence-electron chi connectivity index (χ4n) is 7.20. The van der Waals surface area contributed by atoms with Gasteiger partial charge in [-0.05, 0) is 61.9 Å². The Bertz CT molecular complexity index is 1470. The van der Waals surface area contributed by atoms with Crippen molar-refractivity contribution in [3.63, 3.8) is 0 Å². The average molecular weight is 664 g/mol. The van der Waals surface area contributed by atoms with E-state index in [9.17, 15) is 24.3 Å². The summed E-state index contributed by atoms with van der Waals surface area (Å²) >= 11 is 6.13. The number of likely N-dealkylation sites (tertiary alicyclic amines) is 1. The van der Waals surface area contributed by atoms with Gasteiger partial charge in [0, 0.05) is 36.8 Å². The van der Waals surface area contributed by atoms with Crippen molar-refractivity contribution in [3.8, 4) is 0 Å². The molecule has 3 heterocycles. The molecule has 0 aliphatic carbocycles. The molecular weight excluding hydrogens is 622 g/mol. The zero-order valence-electron chi connectivity index (χ0n) is 26.4. The zero-order chi connectivity index (χ0) is 33.6. The van der Waals surface area contributed by atoms with Gasteiger partial charge >= 0.3 is 5.97 Å². The number of amides is 3. The first-order chi connectivity index (χ1) is 22.7. The van der Waals surface area contributed by atoms with E-state index < -0.39 is 41.7 Å². The minimum Gasteiger partial charge on any atom is -0.455 e. The van der Waals surface area contributed by atoms with Gasteiger partial charge in [0.25, 0.3) is 5.91 Å². The molecule has 3 saturated heterocycles. The molecule has 3 aliphatic heterocycles. The third-order valence-corrected chi connectivity index (χ3v) is 9.57. The first kappa shape index (κ1) is 34.3. The minimum atomic E-state index is -1.23. The van der Waals surface area contributed by atoms with Crippen LogP contribution in [0.1, 0.15) is 50.2 Å². The van der Waals surface area contributed by atoms with Crippen molar-refractivity contribution in [1.82, 2.24) is 10.2 Å². The maximum Gasteiger partial charge on any atom is 0.313 e. The Hall–Kier alpha value is -3.99. The molecule has 2 N–H and O–H groups in total. The molecule has 2 bridgehead atoms. The number of aliphatic hydroxyl groups is 1. The number of rotatable bonds is 16. The molecule has 250 valence electrons. The number of nitrogens with one attached hydrogen (secondary N) is 1. The second-order valence-corrected chi connectivity index (χ2v) is 12.6. The van der Waals surface area contributed by atoms with Crippen LogP contribution in [0.5, 0.6) is 0 Å². The molecule has 5 rings (SSSR count). The van der Waals surface area contributed by atoms with E-state index in [1.54, 1.807) is 41.3 Å². The van der Waals surface area contributed by atoms with E-state index in [0.717, 1.165) is 0 Å². The van der Waals surface area contributed by atoms with Gasteiger partial charge in [-0.3, -0.25) is 19.2 Å². The van der Waals surface area contributed by atoms with Gasteiger partial charge in [-0.15, -0.1) is 13.2 Å². The van der Waals surface area contributed by atoms with Gasteiger partial charge in [0.05, 0.1) is 24.5 Å². The third kappa shape index (κ3) is 7.00. The van der Waals surface area contributed by atoms with Crippen LogP contribution in [0.25, 0.3) is 0 Å². The van der Waals surface area contributed by atoms with Crippen LogP contribution in [-0.2, 0) is 28.7 Å². The summed E-state index contributed by atoms with van der Waals surface area (Å²) in [4.78, 5) is 58.5. The summed E-state index contributed by atoms with van der Waals surface area (Å²) < 4.78 is 12.7. The Morgan fingerprint density at radius 2 is 1.87 bits per heavy atom. The maximum absolute atomic E-state index is 14.6. The summed E-state index contributed by atoms with van der Waals surface area (Å²) in [5, 5.41) is 12.8. The predicted molar refractivity (Wildman–Crippen MR) is 177 cm³/mol. The van der Waals surface area contributed by atoms with Gasteiger partial charge in [0.2, 0.25) is 11.8 Å². The summed E-state index contributed by atoms with van der Waals surface area (Å²) in [5.41, 5.74) is 0.0590. The van der Waals surface area contributed by atoms with Crippen LogP contribution in [0.3, 0.4) is 0 Å². The molecular formula is C36H42ClN3O7. The summed E-state index contributed by atoms with van der Waals surface area (Å²) in [6.45, 7) is 7.89. The molecule has 0 radical (unpaired) electrons. The van der Waals surface area contributed by atoms with Crippen molar-refractivity contribution in [1.29, 1.82) is 0 Å². The molecule has 2 aromatic carbocycles. The van der Waals surface area contributed by atoms with Crippen LogP contribution in [0, 0.1) is 11.8 Å². The van der Waals surface area contributed by atoms with E-state index in [1.165, 1.54) is 4.90 Å². The van der Waals surface area contributed by atoms with Gasteiger partial charge in [-0.25, -0.2) is 0 Å². The Kier molecular flexibility index (Phi) is 11.2. The van der Waals surface area contributed by atoms with Crippen molar-refractivity contribution in [2.45, 2.75) is 62.4 Å². The number of ether oxygens (including phenoxy) is 2. The highest BCUT2D eigenvalue weighted by Gasteiger charge is 2.75. The van der Waals surface area contributed by atoms with Crippen LogP contribution in [-0.4, -0.2) is 77.7 Å². The number of aliphatic hydroxyl groups excluding tert-OH is 1. The highest BCUT2D eigenvalue weighted by Crippen LogP contribution is 2.59. The lowest BCUT2D eigenvalue weighted by Crippen LogP contribution is -2.56. The Morgan fingerprint density at radius 1 is 1.13 bits per heavy atom. The summed E-state index contributed by atoms with van der Waals surface area (Å²) in [6.07, 6.45) is 4.48. The molecule has 11 heteroatoms. The monoisotopic (exact) mass is 663 g/mol. The number of halogens is 1. The number of anilines is 1. The number of nitrogens with zero attached hydrogens (tertiary/aromatic N) is 2. The third-order valence-electron chi connectivity index (χ3n) is 9.32. The van der Waals surface area contributed by atoms with Crippen molar-refractivity contribution >= 4 is 41.0 Å². The second-order valence-electron chi connectivity index (χ2n) is 12.2. The number of esters is 1. The summed E-state index contributed by atoms with van der Waals surface area (Å²) in [6, 6.07) is 15.0. The summed E-state index contributed by atoms with van der Waals surface area (Å²) in [7, 11) is 0. The lowest BCUT2D eigenvalue weighted by atomic mass is 9.70. The number of hydrogen-bond acceptors (Lipinski definition) is 7. The lowest BCUT2D eigenvalue weighted by Gasteiger charge is -2.36. The molecule has 10 nitrogen and oxygen atoms in total. The van der Waals surface area contributed by atoms with Crippen molar-refractivity contribution in [3.05, 3.63) is 90.5 Å². The smallest absolute Gasteiger partial charge is 0.313 e. The van der Waals surface area contributed by atoms with Crippen LogP contribution in [0.2, 0.25) is 5.02 Å². The molecule has 47 heavy (non-hydrogen) atoms. The molecule has 1 spiro atoms. The highest BCUT2D eigenvalue weighted by molar-refractivity contribution is 6.30. The maximum atomic E-state index is 14.6. The summed E-state index contributed by atoms with van der Waals surface area (Å²) in [5.74, 6) is -3.33. The number of fused-ring (bicyclic) bond motifs is 1. The predicted octanol–water partition coefficient (Wildman–Crippen LogP) is 4.37. The molecule has 2 aromatic rings. The Labute approximate surface area is 280 Å². The SMILES string of the molecule is C=CCCC(=O)NC[C@@H](OC(=O)[C@@H]1[C@H]2C(=O)N(CCCCO)[C@H](C(=O)N(CC=C)c3ccc(Cl)cc3)[C@]23CC[C@H]1O3)c1ccccc1. The molecule has 0 unspecified atom stereocenters. The largest absolute Gasteiger partial charge is 0.455 e. The highest BCUT2D eigenvalue weighted by atomic mass is 35.5. The zero-order valence-corrected chi connectivity index (χ0v) is 27.1. The Balaban J connectivity index is 1.44. The number of carbonyl (C=O) groups is 4. The van der Waals surface area contributed by atoms with Crippen LogP contribution in [0.4, 0.5) is 5.69 Å². The standard InChI is InChI=1S/C36H42ClN3O7/c1-3-5-13-29(42)38-23-28(24-11-7-6-8-12-24)46-35(45)30-27-18-19-36(47-27)31(30)33(43)40(21-9-10-22-41)32(36)34(44)39(20-4-2)26-16-14-25(37)15-17-26/h3-4,6-8,11-12,14-17,27-28,30-32,41H,1-2,5,9-10,13,18-23H2,(H,38,42)/t27-,28-,30+,31+,32-,36+/m1/s1. The first-order valence-electron chi connectivity index (χ1n) is 16.2. The fourth-order valence-corrected chi connectivity index (χ4v) is 7.32. The Morgan fingerprint density at radius 3 is 2.55 bits per heavy atom. The first-order valence-corrected chi connectivity index (χ1v) is 16.5. The van der Waals surface area contributed by atoms with Gasteiger partial charge in [-0.2, -0.15) is 0 Å². The van der Waals surface area contributed by atoms with Gasteiger partial charge in [-0.1, -0.05) is 54.1 Å².